The number of rotatable bonds is 5. The summed E-state index contributed by atoms with van der Waals surface area (Å²) in [6.07, 6.45) is 1.90. The number of ether oxygens (including phenoxy) is 1. The van der Waals surface area contributed by atoms with Crippen LogP contribution in [0.15, 0.2) is 24.3 Å². The van der Waals surface area contributed by atoms with Crippen molar-refractivity contribution in [2.45, 2.75) is 12.8 Å². The van der Waals surface area contributed by atoms with E-state index in [1.54, 1.807) is 0 Å². The molecule has 0 saturated heterocycles. The molecule has 0 bridgehead atoms. The van der Waals surface area contributed by atoms with E-state index < -0.39 is 0 Å². The maximum atomic E-state index is 11.9. The van der Waals surface area contributed by atoms with Gasteiger partial charge in [0.2, 0.25) is 0 Å². The number of fused-ring (bicyclic) bond motifs is 1. The van der Waals surface area contributed by atoms with Crippen molar-refractivity contribution < 1.29 is 14.8 Å². The van der Waals surface area contributed by atoms with Gasteiger partial charge in [-0.15, -0.1) is 0 Å². The van der Waals surface area contributed by atoms with Crippen molar-refractivity contribution in [2.24, 2.45) is 0 Å². The Hall–Kier alpha value is -1.81. The number of esters is 1. The number of carbonyl (C=O) groups is 1. The van der Waals surface area contributed by atoms with Crippen molar-refractivity contribution in [3.8, 4) is 0 Å². The molecule has 96 valence electrons. The summed E-state index contributed by atoms with van der Waals surface area (Å²) in [5.74, 6) is -0.261. The van der Waals surface area contributed by atoms with Crippen LogP contribution in [0.5, 0.6) is 0 Å². The highest BCUT2D eigenvalue weighted by molar-refractivity contribution is 6.05. The number of methoxy groups -OCH3 is 1. The van der Waals surface area contributed by atoms with Crippen molar-refractivity contribution in [1.82, 2.24) is 4.98 Å². The fraction of sp³-hybridized carbons (Fsp3) is 0.357. The number of quaternary nitrogens is 1. The number of aromatic amines is 1. The van der Waals surface area contributed by atoms with Gasteiger partial charge < -0.3 is 15.0 Å². The molecule has 4 nitrogen and oxygen atoms in total. The van der Waals surface area contributed by atoms with Gasteiger partial charge in [-0.05, 0) is 12.5 Å². The molecule has 0 aliphatic rings. The number of para-hydroxylation sites is 1. The predicted octanol–water partition coefficient (Wildman–Crippen LogP) is 1.08. The molecule has 1 aromatic carbocycles. The van der Waals surface area contributed by atoms with Crippen molar-refractivity contribution in [3.05, 3.63) is 35.5 Å². The smallest absolute Gasteiger partial charge is 0.340 e. The molecule has 0 spiro atoms. The molecule has 3 N–H and O–H groups in total. The lowest BCUT2D eigenvalue weighted by atomic mass is 10.1. The number of hydrogen-bond acceptors (Lipinski definition) is 2. The second-order valence-electron chi connectivity index (χ2n) is 4.32. The predicted molar refractivity (Wildman–Crippen MR) is 70.7 cm³/mol. The lowest BCUT2D eigenvalue weighted by molar-refractivity contribution is -0.627. The van der Waals surface area contributed by atoms with Gasteiger partial charge >= 0.3 is 5.97 Å². The van der Waals surface area contributed by atoms with Gasteiger partial charge in [0.25, 0.3) is 0 Å². The first-order valence-corrected chi connectivity index (χ1v) is 6.23. The summed E-state index contributed by atoms with van der Waals surface area (Å²) in [4.78, 5) is 15.2. The van der Waals surface area contributed by atoms with Crippen LogP contribution in [0.1, 0.15) is 22.5 Å². The fourth-order valence-corrected chi connectivity index (χ4v) is 2.20. The average Bonchev–Trinajstić information content (AvgIpc) is 2.76. The van der Waals surface area contributed by atoms with E-state index in [1.807, 2.05) is 31.3 Å². The number of H-pyrrole nitrogens is 1. The Labute approximate surface area is 106 Å². The lowest BCUT2D eigenvalue weighted by Gasteiger charge is -2.02. The van der Waals surface area contributed by atoms with Crippen LogP contribution in [0.4, 0.5) is 0 Å². The summed E-state index contributed by atoms with van der Waals surface area (Å²) >= 11 is 0. The number of benzene rings is 1. The summed E-state index contributed by atoms with van der Waals surface area (Å²) in [6, 6.07) is 7.83. The number of nitrogens with two attached hydrogens (primary N) is 1. The zero-order chi connectivity index (χ0) is 13.0. The molecule has 0 radical (unpaired) electrons. The third-order valence-electron chi connectivity index (χ3n) is 3.09. The lowest BCUT2D eigenvalue weighted by Crippen LogP contribution is -2.79. The van der Waals surface area contributed by atoms with E-state index in [0.29, 0.717) is 5.56 Å². The van der Waals surface area contributed by atoms with Crippen LogP contribution in [0, 0.1) is 0 Å². The minimum Gasteiger partial charge on any atom is -0.465 e. The molecule has 18 heavy (non-hydrogen) atoms. The molecule has 4 heteroatoms. The summed E-state index contributed by atoms with van der Waals surface area (Å²) < 4.78 is 4.88. The number of carbonyl (C=O) groups excluding carboxylic acids is 1. The molecule has 0 aliphatic carbocycles. The Morgan fingerprint density at radius 1 is 1.39 bits per heavy atom. The maximum absolute atomic E-state index is 11.9. The van der Waals surface area contributed by atoms with E-state index in [1.165, 1.54) is 7.11 Å². The highest BCUT2D eigenvalue weighted by Gasteiger charge is 2.18. The topological polar surface area (TPSA) is 58.7 Å². The monoisotopic (exact) mass is 247 g/mol. The van der Waals surface area contributed by atoms with E-state index in [2.05, 4.69) is 10.3 Å². The molecule has 1 heterocycles. The average molecular weight is 247 g/mol. The Bertz CT molecular complexity index is 546. The van der Waals surface area contributed by atoms with Gasteiger partial charge in [-0.3, -0.25) is 0 Å². The first-order chi connectivity index (χ1) is 8.77. The minimum absolute atomic E-state index is 0.261. The SMILES string of the molecule is C[NH2+]CCCc1[nH]c2ccccc2c1C(=O)OC. The van der Waals surface area contributed by atoms with E-state index >= 15 is 0 Å². The first-order valence-electron chi connectivity index (χ1n) is 6.23. The van der Waals surface area contributed by atoms with Crippen molar-refractivity contribution in [2.75, 3.05) is 20.7 Å². The zero-order valence-corrected chi connectivity index (χ0v) is 10.8. The van der Waals surface area contributed by atoms with Crippen LogP contribution < -0.4 is 5.32 Å². The number of aryl methyl sites for hydroxylation is 1. The van der Waals surface area contributed by atoms with E-state index in [0.717, 1.165) is 36.0 Å². The summed E-state index contributed by atoms with van der Waals surface area (Å²) in [6.45, 7) is 1.05. The van der Waals surface area contributed by atoms with Crippen LogP contribution >= 0.6 is 0 Å². The van der Waals surface area contributed by atoms with E-state index in [4.69, 9.17) is 4.74 Å². The van der Waals surface area contributed by atoms with Crippen LogP contribution in [0.25, 0.3) is 10.9 Å². The first kappa shape index (κ1) is 12.6. The Kier molecular flexibility index (Phi) is 3.99. The molecule has 0 amide bonds. The summed E-state index contributed by atoms with van der Waals surface area (Å²) in [7, 11) is 3.47. The molecule has 0 atom stereocenters. The molecule has 2 aromatic rings. The Morgan fingerprint density at radius 2 is 2.17 bits per heavy atom. The van der Waals surface area contributed by atoms with Crippen LogP contribution in [0.2, 0.25) is 0 Å². The third-order valence-corrected chi connectivity index (χ3v) is 3.09. The molecule has 1 aromatic heterocycles. The highest BCUT2D eigenvalue weighted by Crippen LogP contribution is 2.23. The second kappa shape index (κ2) is 5.69. The summed E-state index contributed by atoms with van der Waals surface area (Å²) in [5.41, 5.74) is 2.66. The largest absolute Gasteiger partial charge is 0.465 e. The standard InChI is InChI=1S/C14H18N2O2/c1-15-9-5-8-12-13(14(17)18-2)10-6-3-4-7-11(10)16-12/h3-4,6-7,15-16H,5,8-9H2,1-2H3/p+1. The van der Waals surface area contributed by atoms with Crippen LogP contribution in [0.3, 0.4) is 0 Å². The molecule has 0 fully saturated rings. The van der Waals surface area contributed by atoms with Crippen molar-refractivity contribution in [3.63, 3.8) is 0 Å². The molecule has 2 rings (SSSR count). The van der Waals surface area contributed by atoms with E-state index in [9.17, 15) is 4.79 Å². The molecule has 0 aliphatic heterocycles. The summed E-state index contributed by atoms with van der Waals surface area (Å²) in [5, 5.41) is 3.08. The van der Waals surface area contributed by atoms with Gasteiger partial charge in [-0.25, -0.2) is 4.79 Å². The third kappa shape index (κ3) is 2.38. The normalized spacial score (nSPS) is 10.8. The van der Waals surface area contributed by atoms with Crippen LogP contribution in [-0.4, -0.2) is 31.7 Å². The molecule has 0 saturated carbocycles. The zero-order valence-electron chi connectivity index (χ0n) is 10.8. The van der Waals surface area contributed by atoms with Gasteiger partial charge in [0.15, 0.2) is 0 Å². The Morgan fingerprint density at radius 3 is 2.89 bits per heavy atom. The van der Waals surface area contributed by atoms with Gasteiger partial charge in [0.05, 0.1) is 26.3 Å². The quantitative estimate of drug-likeness (QED) is 0.613. The number of aromatic nitrogens is 1. The molecule has 0 unspecified atom stereocenters. The number of nitrogens with one attached hydrogen (secondary N) is 1. The van der Waals surface area contributed by atoms with Gasteiger partial charge in [0, 0.05) is 23.0 Å². The highest BCUT2D eigenvalue weighted by atomic mass is 16.5. The number of hydrogen-bond donors (Lipinski definition) is 2. The maximum Gasteiger partial charge on any atom is 0.340 e. The van der Waals surface area contributed by atoms with Crippen molar-refractivity contribution >= 4 is 16.9 Å². The van der Waals surface area contributed by atoms with Gasteiger partial charge in [-0.1, -0.05) is 18.2 Å². The van der Waals surface area contributed by atoms with Gasteiger partial charge in [0.1, 0.15) is 0 Å². The fourth-order valence-electron chi connectivity index (χ4n) is 2.20. The van der Waals surface area contributed by atoms with Crippen LogP contribution in [-0.2, 0) is 11.2 Å². The van der Waals surface area contributed by atoms with E-state index in [-0.39, 0.29) is 5.97 Å². The minimum atomic E-state index is -0.261. The second-order valence-corrected chi connectivity index (χ2v) is 4.32. The van der Waals surface area contributed by atoms with Crippen molar-refractivity contribution in [1.29, 1.82) is 0 Å². The molecular formula is C14H19N2O2+. The molecular weight excluding hydrogens is 228 g/mol. The van der Waals surface area contributed by atoms with Gasteiger partial charge in [-0.2, -0.15) is 0 Å². The Balaban J connectivity index is 2.40.